The Morgan fingerprint density at radius 3 is 2.17 bits per heavy atom. The largest absolute Gasteiger partial charge is 0.177 e. The molecular formula is C16H28BBr. The van der Waals surface area contributed by atoms with Crippen LogP contribution in [0.2, 0.25) is 11.6 Å². The molecule has 0 aliphatic carbocycles. The number of allylic oxidation sites excluding steroid dienone is 1. The van der Waals surface area contributed by atoms with Crippen molar-refractivity contribution in [3.05, 3.63) is 10.5 Å². The molecule has 2 heterocycles. The third kappa shape index (κ3) is 3.65. The topological polar surface area (TPSA) is 0 Å². The molecule has 0 aromatic carbocycles. The van der Waals surface area contributed by atoms with E-state index in [4.69, 9.17) is 0 Å². The molecule has 0 N–H and O–H groups in total. The van der Waals surface area contributed by atoms with Gasteiger partial charge in [-0.1, -0.05) is 104 Å². The summed E-state index contributed by atoms with van der Waals surface area (Å²) >= 11 is 3.67. The van der Waals surface area contributed by atoms with Crippen LogP contribution in [0.25, 0.3) is 0 Å². The molecule has 2 saturated heterocycles. The van der Waals surface area contributed by atoms with E-state index in [0.717, 1.165) is 18.3 Å². The monoisotopic (exact) mass is 310 g/mol. The van der Waals surface area contributed by atoms with Crippen LogP contribution in [0.15, 0.2) is 10.5 Å². The van der Waals surface area contributed by atoms with Crippen LogP contribution >= 0.6 is 15.9 Å². The van der Waals surface area contributed by atoms with Gasteiger partial charge in [0.2, 0.25) is 0 Å². The van der Waals surface area contributed by atoms with Gasteiger partial charge in [-0.15, -0.1) is 0 Å². The summed E-state index contributed by atoms with van der Waals surface area (Å²) in [5.74, 6) is 2.04. The second kappa shape index (κ2) is 7.77. The summed E-state index contributed by atoms with van der Waals surface area (Å²) in [4.78, 5) is 2.29. The van der Waals surface area contributed by atoms with Crippen LogP contribution in [0.4, 0.5) is 0 Å². The number of halogens is 1. The lowest BCUT2D eigenvalue weighted by molar-refractivity contribution is 0.444. The number of unbranched alkanes of at least 4 members (excludes halogenated alkanes) is 3. The SMILES string of the molecule is CCCCCC/C(=C\Br)B1C2CCCC1CCC2. The maximum atomic E-state index is 3.67. The zero-order chi connectivity index (χ0) is 12.8. The first-order valence-electron chi connectivity index (χ1n) is 8.16. The Kier molecular flexibility index (Phi) is 6.34. The highest BCUT2D eigenvalue weighted by Crippen LogP contribution is 2.49. The molecule has 0 radical (unpaired) electrons. The van der Waals surface area contributed by atoms with Gasteiger partial charge in [0, 0.05) is 0 Å². The molecule has 18 heavy (non-hydrogen) atoms. The Bertz CT molecular complexity index is 252. The van der Waals surface area contributed by atoms with Gasteiger partial charge >= 0.3 is 0 Å². The van der Waals surface area contributed by atoms with E-state index in [9.17, 15) is 0 Å². The summed E-state index contributed by atoms with van der Waals surface area (Å²) in [6.45, 7) is 3.24. The normalized spacial score (nSPS) is 28.6. The van der Waals surface area contributed by atoms with Crippen molar-refractivity contribution in [2.45, 2.75) is 89.2 Å². The maximum absolute atomic E-state index is 3.67. The van der Waals surface area contributed by atoms with Crippen LogP contribution in [0, 0.1) is 0 Å². The average Bonchev–Trinajstić information content (AvgIpc) is 2.38. The molecule has 2 aliphatic heterocycles. The summed E-state index contributed by atoms with van der Waals surface area (Å²) in [5.41, 5.74) is 1.75. The molecule has 102 valence electrons. The molecular weight excluding hydrogens is 283 g/mol. The summed E-state index contributed by atoms with van der Waals surface area (Å²) in [5, 5.41) is 0. The van der Waals surface area contributed by atoms with Gasteiger partial charge in [0.25, 0.3) is 0 Å². The zero-order valence-corrected chi connectivity index (χ0v) is 13.6. The van der Waals surface area contributed by atoms with Crippen LogP contribution < -0.4 is 0 Å². The Morgan fingerprint density at radius 1 is 1.06 bits per heavy atom. The highest BCUT2D eigenvalue weighted by atomic mass is 79.9. The van der Waals surface area contributed by atoms with Gasteiger partial charge in [0.05, 0.1) is 0 Å². The molecule has 2 rings (SSSR count). The quantitative estimate of drug-likeness (QED) is 0.394. The first kappa shape index (κ1) is 14.7. The van der Waals surface area contributed by atoms with Gasteiger partial charge < -0.3 is 0 Å². The van der Waals surface area contributed by atoms with Crippen LogP contribution in [0.3, 0.4) is 0 Å². The van der Waals surface area contributed by atoms with E-state index in [2.05, 4.69) is 27.8 Å². The van der Waals surface area contributed by atoms with Gasteiger partial charge in [-0.25, -0.2) is 0 Å². The Balaban J connectivity index is 1.90. The zero-order valence-electron chi connectivity index (χ0n) is 12.0. The van der Waals surface area contributed by atoms with E-state index in [1.165, 1.54) is 70.6 Å². The smallest absolute Gasteiger partial charge is 0.0937 e. The van der Waals surface area contributed by atoms with Crippen molar-refractivity contribution < 1.29 is 0 Å². The van der Waals surface area contributed by atoms with E-state index in [-0.39, 0.29) is 0 Å². The van der Waals surface area contributed by atoms with Crippen molar-refractivity contribution in [3.63, 3.8) is 0 Å². The number of rotatable bonds is 6. The molecule has 0 aromatic heterocycles. The minimum atomic E-state index is 0.938. The first-order valence-corrected chi connectivity index (χ1v) is 9.07. The van der Waals surface area contributed by atoms with Gasteiger partial charge in [0.15, 0.2) is 6.71 Å². The van der Waals surface area contributed by atoms with Crippen molar-refractivity contribution in [3.8, 4) is 0 Å². The second-order valence-electron chi connectivity index (χ2n) is 6.40. The predicted octanol–water partition coefficient (Wildman–Crippen LogP) is 6.38. The van der Waals surface area contributed by atoms with E-state index in [1.807, 2.05) is 0 Å². The number of hydrogen-bond acceptors (Lipinski definition) is 0. The van der Waals surface area contributed by atoms with Crippen LogP contribution in [-0.2, 0) is 0 Å². The lowest BCUT2D eigenvalue weighted by atomic mass is 9.24. The van der Waals surface area contributed by atoms with E-state index in [0.29, 0.717) is 0 Å². The third-order valence-corrected chi connectivity index (χ3v) is 5.79. The summed E-state index contributed by atoms with van der Waals surface area (Å²) in [6, 6.07) is 0. The molecule has 2 fully saturated rings. The van der Waals surface area contributed by atoms with Gasteiger partial charge in [0.1, 0.15) is 0 Å². The van der Waals surface area contributed by atoms with Crippen molar-refractivity contribution >= 4 is 22.6 Å². The minimum Gasteiger partial charge on any atom is -0.0937 e. The second-order valence-corrected chi connectivity index (χ2v) is 6.86. The summed E-state index contributed by atoms with van der Waals surface area (Å²) in [7, 11) is 0. The Morgan fingerprint density at radius 2 is 1.67 bits per heavy atom. The fourth-order valence-electron chi connectivity index (χ4n) is 4.33. The van der Waals surface area contributed by atoms with Crippen molar-refractivity contribution in [2.24, 2.45) is 0 Å². The molecule has 2 bridgehead atoms. The fourth-order valence-corrected chi connectivity index (χ4v) is 4.87. The van der Waals surface area contributed by atoms with Crippen molar-refractivity contribution in [1.29, 1.82) is 0 Å². The van der Waals surface area contributed by atoms with E-state index < -0.39 is 0 Å². The molecule has 0 atom stereocenters. The molecule has 0 saturated carbocycles. The fraction of sp³-hybridized carbons (Fsp3) is 0.875. The lowest BCUT2D eigenvalue weighted by Crippen LogP contribution is -2.36. The minimum absolute atomic E-state index is 0.938. The third-order valence-electron chi connectivity index (χ3n) is 5.20. The molecule has 0 amide bonds. The van der Waals surface area contributed by atoms with Crippen LogP contribution in [0.5, 0.6) is 0 Å². The first-order chi connectivity index (χ1) is 8.86. The molecule has 0 aromatic rings. The van der Waals surface area contributed by atoms with Crippen LogP contribution in [-0.4, -0.2) is 6.71 Å². The van der Waals surface area contributed by atoms with Gasteiger partial charge in [-0.05, 0) is 11.4 Å². The van der Waals surface area contributed by atoms with Crippen molar-refractivity contribution in [2.75, 3.05) is 0 Å². The van der Waals surface area contributed by atoms with E-state index in [1.54, 1.807) is 5.47 Å². The number of fused-ring (bicyclic) bond motifs is 2. The number of hydrogen-bond donors (Lipinski definition) is 0. The predicted molar refractivity (Wildman–Crippen MR) is 86.7 cm³/mol. The maximum Gasteiger partial charge on any atom is 0.177 e. The molecule has 0 nitrogen and oxygen atoms in total. The molecule has 2 aliphatic rings. The highest BCUT2D eigenvalue weighted by molar-refractivity contribution is 9.11. The summed E-state index contributed by atoms with van der Waals surface area (Å²) in [6.07, 6.45) is 15.9. The average molecular weight is 311 g/mol. The van der Waals surface area contributed by atoms with Crippen molar-refractivity contribution in [1.82, 2.24) is 0 Å². The molecule has 2 heteroatoms. The Labute approximate surface area is 122 Å². The molecule has 0 unspecified atom stereocenters. The van der Waals surface area contributed by atoms with Crippen LogP contribution in [0.1, 0.15) is 77.6 Å². The molecule has 0 spiro atoms. The lowest BCUT2D eigenvalue weighted by Gasteiger charge is -2.41. The van der Waals surface area contributed by atoms with Gasteiger partial charge in [-0.2, -0.15) is 0 Å². The standard InChI is InChI=1S/C16H28BBr/c1-2-3-4-5-8-16(13-18)17-14-9-6-10-15(17)12-7-11-14/h13-15H,2-12H2,1H3/b16-13+. The van der Waals surface area contributed by atoms with E-state index >= 15 is 0 Å². The summed E-state index contributed by atoms with van der Waals surface area (Å²) < 4.78 is 0. The highest BCUT2D eigenvalue weighted by Gasteiger charge is 2.40. The Hall–Kier alpha value is 0.285. The van der Waals surface area contributed by atoms with Gasteiger partial charge in [-0.3, -0.25) is 0 Å².